The zero-order valence-electron chi connectivity index (χ0n) is 32.1. The molecular formula is C38H30N22O2. The van der Waals surface area contributed by atoms with Crippen LogP contribution in [-0.4, -0.2) is 104 Å². The third-order valence-electron chi connectivity index (χ3n) is 7.70. The second-order valence-electron chi connectivity index (χ2n) is 12.1. The number of hydrogen-bond donors (Lipinski definition) is 4. The number of carbonyl (C=O) groups is 1. The van der Waals surface area contributed by atoms with Gasteiger partial charge in [0.1, 0.15) is 34.2 Å². The van der Waals surface area contributed by atoms with Crippen molar-refractivity contribution in [2.24, 2.45) is 0 Å². The summed E-state index contributed by atoms with van der Waals surface area (Å²) in [6.45, 7) is 0. The summed E-state index contributed by atoms with van der Waals surface area (Å²) in [7, 11) is 1.28. The van der Waals surface area contributed by atoms with Crippen LogP contribution < -0.4 is 22.5 Å². The first-order valence-electron chi connectivity index (χ1n) is 17.8. The van der Waals surface area contributed by atoms with E-state index in [0.717, 1.165) is 0 Å². The molecule has 9 rings (SSSR count). The first-order valence-corrected chi connectivity index (χ1v) is 17.8. The van der Waals surface area contributed by atoms with E-state index in [-0.39, 0.29) is 11.6 Å². The predicted molar refractivity (Wildman–Crippen MR) is 222 cm³/mol. The van der Waals surface area contributed by atoms with E-state index >= 15 is 0 Å². The Morgan fingerprint density at radius 1 is 0.403 bits per heavy atom. The topological polar surface area (TPSA) is 348 Å². The van der Waals surface area contributed by atoms with Gasteiger partial charge in [0.05, 0.1) is 54.6 Å². The molecule has 0 fully saturated rings. The Kier molecular flexibility index (Phi) is 12.9. The maximum Gasteiger partial charge on any atom is 0.411 e. The van der Waals surface area contributed by atoms with E-state index in [1.807, 2.05) is 24.3 Å². The second-order valence-corrected chi connectivity index (χ2v) is 12.1. The molecule has 9 heterocycles. The van der Waals surface area contributed by atoms with Crippen molar-refractivity contribution in [2.45, 2.75) is 0 Å². The lowest BCUT2D eigenvalue weighted by molar-refractivity contribution is 0.187. The summed E-state index contributed by atoms with van der Waals surface area (Å²) in [5.74, 6) is 1.97. The van der Waals surface area contributed by atoms with Gasteiger partial charge in [-0.15, -0.1) is 61.2 Å². The number of nitrogens with two attached hydrogens (primary N) is 3. The Morgan fingerprint density at radius 3 is 0.952 bits per heavy atom. The number of nitrogen functional groups attached to an aromatic ring is 3. The van der Waals surface area contributed by atoms with Crippen molar-refractivity contribution in [1.29, 1.82) is 0 Å². The van der Waals surface area contributed by atoms with E-state index in [0.29, 0.717) is 80.2 Å². The zero-order chi connectivity index (χ0) is 43.1. The summed E-state index contributed by atoms with van der Waals surface area (Å²) < 4.78 is 4.50. The first-order chi connectivity index (χ1) is 30.3. The van der Waals surface area contributed by atoms with E-state index in [1.54, 1.807) is 73.1 Å². The van der Waals surface area contributed by atoms with Crippen molar-refractivity contribution in [2.75, 3.05) is 29.6 Å². The maximum absolute atomic E-state index is 11.1. The van der Waals surface area contributed by atoms with Gasteiger partial charge >= 0.3 is 6.09 Å². The van der Waals surface area contributed by atoms with Crippen molar-refractivity contribution in [1.82, 2.24) is 91.1 Å². The molecule has 0 radical (unpaired) electrons. The van der Waals surface area contributed by atoms with Crippen LogP contribution in [0.4, 0.5) is 27.5 Å². The molecule has 1 amide bonds. The Hall–Kier alpha value is -9.61. The highest BCUT2D eigenvalue weighted by molar-refractivity contribution is 5.84. The van der Waals surface area contributed by atoms with Gasteiger partial charge in [-0.25, -0.2) is 4.79 Å². The molecule has 0 saturated carbocycles. The summed E-state index contributed by atoms with van der Waals surface area (Å²) in [6, 6.07) is 24.4. The molecule has 24 heteroatoms. The molecule has 0 saturated heterocycles. The van der Waals surface area contributed by atoms with Crippen LogP contribution in [0.25, 0.3) is 69.1 Å². The summed E-state index contributed by atoms with van der Waals surface area (Å²) in [6.07, 6.45) is 8.76. The average Bonchev–Trinajstić information content (AvgIpc) is 3.34. The fraction of sp³-hybridized carbons (Fsp3) is 0.0263. The highest BCUT2D eigenvalue weighted by Crippen LogP contribution is 2.17. The molecule has 0 aliphatic rings. The van der Waals surface area contributed by atoms with Crippen LogP contribution in [0.15, 0.2) is 122 Å². The molecule has 0 aliphatic carbocycles. The van der Waals surface area contributed by atoms with Crippen LogP contribution in [0.1, 0.15) is 0 Å². The fourth-order valence-corrected chi connectivity index (χ4v) is 4.67. The van der Waals surface area contributed by atoms with Gasteiger partial charge in [-0.05, 0) is 72.8 Å². The lowest BCUT2D eigenvalue weighted by atomic mass is 10.3. The lowest BCUT2D eigenvalue weighted by Crippen LogP contribution is -2.11. The Labute approximate surface area is 349 Å². The normalized spacial score (nSPS) is 10.3. The van der Waals surface area contributed by atoms with Crippen molar-refractivity contribution in [3.8, 4) is 69.1 Å². The zero-order valence-corrected chi connectivity index (χ0v) is 32.1. The Balaban J connectivity index is 0.000000141. The number of pyridine rings is 6. The van der Waals surface area contributed by atoms with Crippen LogP contribution in [-0.2, 0) is 4.74 Å². The number of carbonyl (C=O) groups excluding carboxylic acids is 1. The van der Waals surface area contributed by atoms with Crippen LogP contribution in [0, 0.1) is 0 Å². The van der Waals surface area contributed by atoms with Gasteiger partial charge in [-0.1, -0.05) is 12.1 Å². The number of ether oxygens (including phenoxy) is 1. The van der Waals surface area contributed by atoms with Crippen LogP contribution in [0.5, 0.6) is 0 Å². The maximum atomic E-state index is 11.1. The quantitative estimate of drug-likeness (QED) is 0.179. The van der Waals surface area contributed by atoms with Crippen molar-refractivity contribution in [3.63, 3.8) is 0 Å². The van der Waals surface area contributed by atoms with Gasteiger partial charge in [-0.3, -0.25) is 35.2 Å². The number of anilines is 4. The highest BCUT2D eigenvalue weighted by atomic mass is 16.5. The molecule has 62 heavy (non-hydrogen) atoms. The monoisotopic (exact) mass is 826 g/mol. The van der Waals surface area contributed by atoms with Crippen molar-refractivity contribution in [3.05, 3.63) is 122 Å². The van der Waals surface area contributed by atoms with Gasteiger partial charge in [0.2, 0.25) is 34.9 Å². The molecule has 304 valence electrons. The minimum absolute atomic E-state index is 0.249. The smallest absolute Gasteiger partial charge is 0.411 e. The van der Waals surface area contributed by atoms with Crippen molar-refractivity contribution < 1.29 is 9.53 Å². The second kappa shape index (κ2) is 19.7. The molecule has 24 nitrogen and oxygen atoms in total. The number of amides is 1. The minimum atomic E-state index is -0.579. The number of nitrogens with zero attached hydrogens (tertiary/aromatic N) is 18. The molecule has 0 aromatic carbocycles. The number of nitrogens with one attached hydrogen (secondary N) is 1. The largest absolute Gasteiger partial charge is 0.453 e. The summed E-state index contributed by atoms with van der Waals surface area (Å²) in [4.78, 5) is 35.8. The highest BCUT2D eigenvalue weighted by Gasteiger charge is 2.11. The number of aromatic nitrogens is 18. The number of methoxy groups -OCH3 is 1. The molecule has 0 bridgehead atoms. The van der Waals surface area contributed by atoms with E-state index < -0.39 is 6.09 Å². The SMILES string of the molecule is COC(=O)Nc1ccc(-c2nnc(-c3ccc(N)cn3)nn2)nc1.Nc1ccc(-c2nnc(-c3ccc(N)cn3)nn2)nc1.c1ccc(-c2nnc(-c3ccccn3)nn2)nc1. The third kappa shape index (κ3) is 10.9. The Bertz CT molecular complexity index is 2670. The van der Waals surface area contributed by atoms with Gasteiger partial charge in [0.15, 0.2) is 0 Å². The molecule has 0 spiro atoms. The number of hydrogen-bond acceptors (Lipinski definition) is 23. The van der Waals surface area contributed by atoms with Gasteiger partial charge in [-0.2, -0.15) is 0 Å². The predicted octanol–water partition coefficient (Wildman–Crippen LogP) is 3.10. The summed E-state index contributed by atoms with van der Waals surface area (Å²) in [5.41, 5.74) is 22.2. The van der Waals surface area contributed by atoms with E-state index in [4.69, 9.17) is 17.2 Å². The van der Waals surface area contributed by atoms with Crippen LogP contribution >= 0.6 is 0 Å². The lowest BCUT2D eigenvalue weighted by Gasteiger charge is -2.04. The van der Waals surface area contributed by atoms with Crippen molar-refractivity contribution >= 4 is 28.8 Å². The van der Waals surface area contributed by atoms with Crippen LogP contribution in [0.2, 0.25) is 0 Å². The van der Waals surface area contributed by atoms with Gasteiger partial charge < -0.3 is 21.9 Å². The average molecular weight is 827 g/mol. The van der Waals surface area contributed by atoms with Gasteiger partial charge in [0, 0.05) is 12.4 Å². The fourth-order valence-electron chi connectivity index (χ4n) is 4.67. The molecule has 0 atom stereocenters. The molecule has 9 aromatic rings. The minimum Gasteiger partial charge on any atom is -0.453 e. The molecule has 7 N–H and O–H groups in total. The van der Waals surface area contributed by atoms with E-state index in [2.05, 4.69) is 101 Å². The molecular weight excluding hydrogens is 797 g/mol. The molecule has 0 aliphatic heterocycles. The van der Waals surface area contributed by atoms with E-state index in [9.17, 15) is 4.79 Å². The van der Waals surface area contributed by atoms with Gasteiger partial charge in [0.25, 0.3) is 0 Å². The van der Waals surface area contributed by atoms with E-state index in [1.165, 1.54) is 31.9 Å². The summed E-state index contributed by atoms with van der Waals surface area (Å²) >= 11 is 0. The van der Waals surface area contributed by atoms with Crippen LogP contribution in [0.3, 0.4) is 0 Å². The first kappa shape index (κ1) is 40.6. The summed E-state index contributed by atoms with van der Waals surface area (Å²) in [5, 5.41) is 50.3. The molecule has 9 aromatic heterocycles. The number of rotatable bonds is 7. The molecule has 0 unspecified atom stereocenters. The standard InChI is InChI=1S/C14H12N8O2.C12H10N8.C12H8N6/c1-24-14(23)18-9-3-5-11(17-7-9)13-21-19-12(20-22-13)10-4-2-8(15)6-16-10;13-7-1-3-9(15-5-7)11-17-19-12(20-18-11)10-4-2-8(14)6-16-10;1-3-7-13-9(5-1)11-15-17-12(18-16-11)10-6-2-4-8-14-10/h2-7H,15H2,1H3,(H,18,23);1-6H,13-14H2;1-8H. The Morgan fingerprint density at radius 2 is 0.710 bits per heavy atom. The third-order valence-corrected chi connectivity index (χ3v) is 7.70.